The number of esters is 1. The van der Waals surface area contributed by atoms with Crippen LogP contribution in [0.1, 0.15) is 50.7 Å². The van der Waals surface area contributed by atoms with Gasteiger partial charge in [-0.3, -0.25) is 4.79 Å². The Hall–Kier alpha value is -2.13. The average Bonchev–Trinajstić information content (AvgIpc) is 2.68. The SMILES string of the molecule is CC(C)(c1ccccc1)c1ccc(OC(=O)CCN2CCCCC2)cc1. The second kappa shape index (κ2) is 8.50. The normalized spacial score (nSPS) is 15.6. The zero-order valence-corrected chi connectivity index (χ0v) is 15.9. The van der Waals surface area contributed by atoms with Crippen molar-refractivity contribution in [3.8, 4) is 5.75 Å². The summed E-state index contributed by atoms with van der Waals surface area (Å²) in [6.45, 7) is 7.44. The first-order valence-corrected chi connectivity index (χ1v) is 9.65. The predicted octanol–water partition coefficient (Wildman–Crippen LogP) is 4.79. The summed E-state index contributed by atoms with van der Waals surface area (Å²) in [5, 5.41) is 0. The molecule has 1 saturated heterocycles. The lowest BCUT2D eigenvalue weighted by molar-refractivity contribution is -0.134. The highest BCUT2D eigenvalue weighted by Crippen LogP contribution is 2.32. The van der Waals surface area contributed by atoms with Gasteiger partial charge in [0, 0.05) is 12.0 Å². The number of hydrogen-bond donors (Lipinski definition) is 0. The van der Waals surface area contributed by atoms with Crippen molar-refractivity contribution in [3.63, 3.8) is 0 Å². The molecular formula is C23H29NO2. The Morgan fingerprint density at radius 1 is 0.923 bits per heavy atom. The lowest BCUT2D eigenvalue weighted by Gasteiger charge is -2.26. The Balaban J connectivity index is 1.56. The van der Waals surface area contributed by atoms with Crippen LogP contribution < -0.4 is 4.74 Å². The van der Waals surface area contributed by atoms with E-state index in [1.54, 1.807) is 0 Å². The molecule has 0 spiro atoms. The molecule has 0 bridgehead atoms. The smallest absolute Gasteiger partial charge is 0.312 e. The number of piperidine rings is 1. The summed E-state index contributed by atoms with van der Waals surface area (Å²) in [5.74, 6) is 0.479. The van der Waals surface area contributed by atoms with Crippen LogP contribution in [-0.2, 0) is 10.2 Å². The van der Waals surface area contributed by atoms with E-state index < -0.39 is 0 Å². The van der Waals surface area contributed by atoms with E-state index in [1.807, 2.05) is 18.2 Å². The lowest BCUT2D eigenvalue weighted by Crippen LogP contribution is -2.32. The van der Waals surface area contributed by atoms with E-state index in [-0.39, 0.29) is 11.4 Å². The Morgan fingerprint density at radius 2 is 1.54 bits per heavy atom. The standard InChI is InChI=1S/C23H29NO2/c1-23(2,19-9-5-3-6-10-19)20-11-13-21(14-12-20)26-22(25)15-18-24-16-7-4-8-17-24/h3,5-6,9-14H,4,7-8,15-18H2,1-2H3. The van der Waals surface area contributed by atoms with Crippen LogP contribution in [0, 0.1) is 0 Å². The Bertz CT molecular complexity index is 701. The number of benzene rings is 2. The first-order chi connectivity index (χ1) is 12.6. The Morgan fingerprint density at radius 3 is 2.19 bits per heavy atom. The summed E-state index contributed by atoms with van der Waals surface area (Å²) in [6, 6.07) is 18.4. The maximum absolute atomic E-state index is 12.1. The molecule has 3 rings (SSSR count). The minimum atomic E-state index is -0.148. The number of rotatable bonds is 6. The van der Waals surface area contributed by atoms with Gasteiger partial charge in [-0.15, -0.1) is 0 Å². The molecule has 0 saturated carbocycles. The summed E-state index contributed by atoms with van der Waals surface area (Å²) in [5.41, 5.74) is 2.39. The van der Waals surface area contributed by atoms with Gasteiger partial charge < -0.3 is 9.64 Å². The molecule has 1 heterocycles. The van der Waals surface area contributed by atoms with Crippen molar-refractivity contribution in [3.05, 3.63) is 65.7 Å². The molecule has 26 heavy (non-hydrogen) atoms. The van der Waals surface area contributed by atoms with Crippen LogP contribution in [0.15, 0.2) is 54.6 Å². The molecule has 2 aromatic carbocycles. The molecular weight excluding hydrogens is 322 g/mol. The van der Waals surface area contributed by atoms with Crippen LogP contribution in [0.25, 0.3) is 0 Å². The first kappa shape index (κ1) is 18.7. The van der Waals surface area contributed by atoms with Crippen molar-refractivity contribution in [2.45, 2.75) is 44.9 Å². The third-order valence-electron chi connectivity index (χ3n) is 5.38. The van der Waals surface area contributed by atoms with Crippen molar-refractivity contribution in [1.82, 2.24) is 4.90 Å². The third-order valence-corrected chi connectivity index (χ3v) is 5.38. The maximum atomic E-state index is 12.1. The fourth-order valence-electron chi connectivity index (χ4n) is 3.58. The highest BCUT2D eigenvalue weighted by molar-refractivity contribution is 5.72. The van der Waals surface area contributed by atoms with E-state index in [4.69, 9.17) is 4.74 Å². The fourth-order valence-corrected chi connectivity index (χ4v) is 3.58. The minimum absolute atomic E-state index is 0.0853. The second-order valence-electron chi connectivity index (χ2n) is 7.64. The molecule has 0 aromatic heterocycles. The molecule has 0 aliphatic carbocycles. The number of carbonyl (C=O) groups is 1. The number of nitrogens with zero attached hydrogens (tertiary/aromatic N) is 1. The van der Waals surface area contributed by atoms with Gasteiger partial charge in [0.2, 0.25) is 0 Å². The van der Waals surface area contributed by atoms with Gasteiger partial charge in [0.25, 0.3) is 0 Å². The van der Waals surface area contributed by atoms with Crippen molar-refractivity contribution in [2.24, 2.45) is 0 Å². The summed E-state index contributed by atoms with van der Waals surface area (Å²) in [4.78, 5) is 14.5. The molecule has 1 fully saturated rings. The predicted molar refractivity (Wildman–Crippen MR) is 106 cm³/mol. The highest BCUT2D eigenvalue weighted by atomic mass is 16.5. The van der Waals surface area contributed by atoms with E-state index in [2.05, 4.69) is 55.1 Å². The van der Waals surface area contributed by atoms with Crippen LogP contribution >= 0.6 is 0 Å². The zero-order chi connectivity index (χ0) is 18.4. The van der Waals surface area contributed by atoms with Gasteiger partial charge in [-0.2, -0.15) is 0 Å². The molecule has 138 valence electrons. The van der Waals surface area contributed by atoms with Gasteiger partial charge in [0.1, 0.15) is 5.75 Å². The summed E-state index contributed by atoms with van der Waals surface area (Å²) < 4.78 is 5.51. The van der Waals surface area contributed by atoms with Gasteiger partial charge in [-0.05, 0) is 49.2 Å². The van der Waals surface area contributed by atoms with E-state index in [0.29, 0.717) is 12.2 Å². The first-order valence-electron chi connectivity index (χ1n) is 9.65. The van der Waals surface area contributed by atoms with Crippen molar-refractivity contribution >= 4 is 5.97 Å². The maximum Gasteiger partial charge on any atom is 0.312 e. The molecule has 1 aliphatic heterocycles. The van der Waals surface area contributed by atoms with Crippen LogP contribution in [0.5, 0.6) is 5.75 Å². The van der Waals surface area contributed by atoms with Gasteiger partial charge in [-0.1, -0.05) is 62.7 Å². The van der Waals surface area contributed by atoms with E-state index in [1.165, 1.54) is 30.4 Å². The Labute approximate surface area is 157 Å². The fraction of sp³-hybridized carbons (Fsp3) is 0.435. The van der Waals surface area contributed by atoms with Gasteiger partial charge >= 0.3 is 5.97 Å². The topological polar surface area (TPSA) is 29.5 Å². The number of hydrogen-bond acceptors (Lipinski definition) is 3. The monoisotopic (exact) mass is 351 g/mol. The lowest BCUT2D eigenvalue weighted by atomic mass is 9.78. The Kier molecular flexibility index (Phi) is 6.10. The van der Waals surface area contributed by atoms with Crippen LogP contribution in [-0.4, -0.2) is 30.5 Å². The van der Waals surface area contributed by atoms with Gasteiger partial charge in [-0.25, -0.2) is 0 Å². The number of likely N-dealkylation sites (tertiary alicyclic amines) is 1. The molecule has 0 radical (unpaired) electrons. The molecule has 0 amide bonds. The minimum Gasteiger partial charge on any atom is -0.426 e. The van der Waals surface area contributed by atoms with E-state index in [0.717, 1.165) is 19.6 Å². The van der Waals surface area contributed by atoms with Crippen LogP contribution in [0.3, 0.4) is 0 Å². The van der Waals surface area contributed by atoms with Crippen LogP contribution in [0.4, 0.5) is 0 Å². The van der Waals surface area contributed by atoms with Crippen molar-refractivity contribution in [1.29, 1.82) is 0 Å². The molecule has 0 unspecified atom stereocenters. The summed E-state index contributed by atoms with van der Waals surface area (Å²) in [6.07, 6.45) is 4.26. The molecule has 1 aliphatic rings. The van der Waals surface area contributed by atoms with Gasteiger partial charge in [0.05, 0.1) is 6.42 Å². The largest absolute Gasteiger partial charge is 0.426 e. The highest BCUT2D eigenvalue weighted by Gasteiger charge is 2.22. The van der Waals surface area contributed by atoms with E-state index >= 15 is 0 Å². The van der Waals surface area contributed by atoms with Gasteiger partial charge in [0.15, 0.2) is 0 Å². The number of ether oxygens (including phenoxy) is 1. The molecule has 0 atom stereocenters. The van der Waals surface area contributed by atoms with E-state index in [9.17, 15) is 4.79 Å². The molecule has 0 N–H and O–H groups in total. The zero-order valence-electron chi connectivity index (χ0n) is 15.9. The van der Waals surface area contributed by atoms with Crippen molar-refractivity contribution < 1.29 is 9.53 Å². The summed E-state index contributed by atoms with van der Waals surface area (Å²) >= 11 is 0. The third kappa shape index (κ3) is 4.73. The molecule has 2 aromatic rings. The average molecular weight is 351 g/mol. The summed E-state index contributed by atoms with van der Waals surface area (Å²) in [7, 11) is 0. The number of carbonyl (C=O) groups excluding carboxylic acids is 1. The van der Waals surface area contributed by atoms with Crippen molar-refractivity contribution in [2.75, 3.05) is 19.6 Å². The molecule has 3 heteroatoms. The molecule has 3 nitrogen and oxygen atoms in total. The van der Waals surface area contributed by atoms with Crippen LogP contribution in [0.2, 0.25) is 0 Å². The second-order valence-corrected chi connectivity index (χ2v) is 7.64. The quantitative estimate of drug-likeness (QED) is 0.553.